The number of hydrogen-bond donors (Lipinski definition) is 0. The number of ether oxygens (including phenoxy) is 2. The molecule has 0 aliphatic heterocycles. The second kappa shape index (κ2) is 7.85. The van der Waals surface area contributed by atoms with Crippen LogP contribution in [0.15, 0.2) is 53.4 Å². The number of carbonyl (C=O) groups is 1. The quantitative estimate of drug-likeness (QED) is 0.612. The van der Waals surface area contributed by atoms with E-state index in [2.05, 4.69) is 4.98 Å². The summed E-state index contributed by atoms with van der Waals surface area (Å²) in [5.74, 6) is -2.16. The van der Waals surface area contributed by atoms with Gasteiger partial charge in [-0.3, -0.25) is 0 Å². The van der Waals surface area contributed by atoms with Gasteiger partial charge in [0.25, 0.3) is 0 Å². The Morgan fingerprint density at radius 3 is 2.76 bits per heavy atom. The van der Waals surface area contributed by atoms with Crippen LogP contribution in [0.1, 0.15) is 21.6 Å². The molecule has 3 rings (SSSR count). The van der Waals surface area contributed by atoms with Crippen molar-refractivity contribution in [2.45, 2.75) is 13.2 Å². The van der Waals surface area contributed by atoms with Crippen LogP contribution < -0.4 is 4.74 Å². The molecule has 0 atom stereocenters. The molecule has 0 spiro atoms. The van der Waals surface area contributed by atoms with Crippen LogP contribution in [0.4, 0.5) is 8.78 Å². The predicted molar refractivity (Wildman–Crippen MR) is 88.4 cm³/mol. The summed E-state index contributed by atoms with van der Waals surface area (Å²) >= 11 is 1.47. The highest BCUT2D eigenvalue weighted by Crippen LogP contribution is 2.18. The summed E-state index contributed by atoms with van der Waals surface area (Å²) in [5, 5.41) is 1.87. The average molecular weight is 361 g/mol. The van der Waals surface area contributed by atoms with Crippen molar-refractivity contribution in [1.29, 1.82) is 0 Å². The van der Waals surface area contributed by atoms with Gasteiger partial charge in [0.15, 0.2) is 11.6 Å². The zero-order chi connectivity index (χ0) is 17.6. The topological polar surface area (TPSA) is 48.4 Å². The van der Waals surface area contributed by atoms with E-state index in [0.717, 1.165) is 11.8 Å². The van der Waals surface area contributed by atoms with Crippen molar-refractivity contribution in [3.63, 3.8) is 0 Å². The van der Waals surface area contributed by atoms with Crippen molar-refractivity contribution in [2.24, 2.45) is 0 Å². The smallest absolute Gasteiger partial charge is 0.338 e. The first-order valence-electron chi connectivity index (χ1n) is 7.33. The van der Waals surface area contributed by atoms with E-state index in [1.165, 1.54) is 29.5 Å². The average Bonchev–Trinajstić information content (AvgIpc) is 3.15. The monoisotopic (exact) mass is 361 g/mol. The van der Waals surface area contributed by atoms with E-state index in [4.69, 9.17) is 9.47 Å². The summed E-state index contributed by atoms with van der Waals surface area (Å²) in [6, 6.07) is 10.2. The normalized spacial score (nSPS) is 10.5. The van der Waals surface area contributed by atoms with Gasteiger partial charge in [-0.1, -0.05) is 18.2 Å². The Hall–Kier alpha value is -2.80. The van der Waals surface area contributed by atoms with Gasteiger partial charge in [-0.05, 0) is 24.3 Å². The molecule has 25 heavy (non-hydrogen) atoms. The fourth-order valence-corrected chi connectivity index (χ4v) is 2.61. The van der Waals surface area contributed by atoms with Crippen LogP contribution in [0.5, 0.6) is 5.75 Å². The predicted octanol–water partition coefficient (Wildman–Crippen LogP) is 4.36. The molecule has 0 unspecified atom stereocenters. The van der Waals surface area contributed by atoms with Crippen molar-refractivity contribution in [2.75, 3.05) is 0 Å². The van der Waals surface area contributed by atoms with Crippen LogP contribution in [-0.2, 0) is 18.0 Å². The van der Waals surface area contributed by atoms with E-state index in [9.17, 15) is 13.6 Å². The Balaban J connectivity index is 1.62. The van der Waals surface area contributed by atoms with Crippen LogP contribution >= 0.6 is 11.3 Å². The third kappa shape index (κ3) is 4.39. The lowest BCUT2D eigenvalue weighted by Gasteiger charge is -2.08. The third-order valence-corrected chi connectivity index (χ3v) is 3.97. The van der Waals surface area contributed by atoms with Gasteiger partial charge in [0.05, 0.1) is 16.8 Å². The van der Waals surface area contributed by atoms with E-state index < -0.39 is 17.6 Å². The second-order valence-electron chi connectivity index (χ2n) is 5.09. The lowest BCUT2D eigenvalue weighted by molar-refractivity contribution is 0.0467. The fraction of sp³-hybridized carbons (Fsp3) is 0.111. The maximum atomic E-state index is 13.6. The van der Waals surface area contributed by atoms with Gasteiger partial charge in [0.1, 0.15) is 19.0 Å². The number of rotatable bonds is 6. The molecule has 0 aliphatic rings. The lowest BCUT2D eigenvalue weighted by atomic mass is 10.2. The van der Waals surface area contributed by atoms with Crippen molar-refractivity contribution >= 4 is 17.3 Å². The first-order valence-corrected chi connectivity index (χ1v) is 8.27. The molecule has 0 bridgehead atoms. The summed E-state index contributed by atoms with van der Waals surface area (Å²) in [6.45, 7) is -0.0666. The van der Waals surface area contributed by atoms with Gasteiger partial charge in [-0.2, -0.15) is 0 Å². The van der Waals surface area contributed by atoms with Crippen LogP contribution in [0.3, 0.4) is 0 Å². The number of benzene rings is 2. The molecule has 1 aromatic heterocycles. The van der Waals surface area contributed by atoms with Gasteiger partial charge in [0.2, 0.25) is 0 Å². The number of aromatic nitrogens is 1. The number of esters is 1. The minimum atomic E-state index is -1.02. The number of hydrogen-bond acceptors (Lipinski definition) is 5. The van der Waals surface area contributed by atoms with Crippen molar-refractivity contribution in [3.05, 3.63) is 81.8 Å². The minimum Gasteiger partial charge on any atom is -0.487 e. The molecular weight excluding hydrogens is 348 g/mol. The molecule has 0 aliphatic carbocycles. The summed E-state index contributed by atoms with van der Waals surface area (Å²) < 4.78 is 37.3. The Morgan fingerprint density at radius 1 is 1.12 bits per heavy atom. The molecule has 0 saturated heterocycles. The maximum Gasteiger partial charge on any atom is 0.338 e. The highest BCUT2D eigenvalue weighted by molar-refractivity contribution is 7.07. The maximum absolute atomic E-state index is 13.6. The largest absolute Gasteiger partial charge is 0.487 e. The molecule has 2 aromatic carbocycles. The van der Waals surface area contributed by atoms with E-state index in [1.54, 1.807) is 23.7 Å². The van der Waals surface area contributed by atoms with Crippen molar-refractivity contribution in [1.82, 2.24) is 4.98 Å². The molecule has 4 nitrogen and oxygen atoms in total. The van der Waals surface area contributed by atoms with Crippen LogP contribution in [0.2, 0.25) is 0 Å². The van der Waals surface area contributed by atoms with E-state index >= 15 is 0 Å². The molecule has 128 valence electrons. The summed E-state index contributed by atoms with van der Waals surface area (Å²) in [5.41, 5.74) is 2.73. The molecule has 7 heteroatoms. The molecule has 0 fully saturated rings. The molecule has 3 aromatic rings. The molecule has 0 saturated carbocycles. The van der Waals surface area contributed by atoms with E-state index in [0.29, 0.717) is 5.75 Å². The molecule has 0 N–H and O–H groups in total. The van der Waals surface area contributed by atoms with Gasteiger partial charge in [-0.25, -0.2) is 18.6 Å². The highest BCUT2D eigenvalue weighted by Gasteiger charge is 2.12. The first-order chi connectivity index (χ1) is 12.1. The van der Waals surface area contributed by atoms with Crippen molar-refractivity contribution < 1.29 is 23.0 Å². The SMILES string of the molecule is O=C(OCc1cccc(F)c1F)c1cccc(OCc2cscn2)c1. The fourth-order valence-electron chi connectivity index (χ4n) is 2.07. The Labute approximate surface area is 146 Å². The van der Waals surface area contributed by atoms with Gasteiger partial charge < -0.3 is 9.47 Å². The molecule has 1 heterocycles. The lowest BCUT2D eigenvalue weighted by Crippen LogP contribution is -2.07. The van der Waals surface area contributed by atoms with Gasteiger partial charge in [-0.15, -0.1) is 11.3 Å². The number of halogens is 2. The summed E-state index contributed by atoms with van der Waals surface area (Å²) in [6.07, 6.45) is 0. The zero-order valence-corrected chi connectivity index (χ0v) is 13.8. The van der Waals surface area contributed by atoms with Crippen LogP contribution in [0, 0.1) is 11.6 Å². The number of nitrogens with zero attached hydrogens (tertiary/aromatic N) is 1. The standard InChI is InChI=1S/C18H13F2NO3S/c19-16-6-2-4-13(17(16)20)8-24-18(22)12-3-1-5-15(7-12)23-9-14-10-25-11-21-14/h1-7,10-11H,8-9H2. The molecule has 0 amide bonds. The van der Waals surface area contributed by atoms with Gasteiger partial charge in [0, 0.05) is 10.9 Å². The summed E-state index contributed by atoms with van der Waals surface area (Å²) in [4.78, 5) is 16.2. The molecule has 0 radical (unpaired) electrons. The van der Waals surface area contributed by atoms with Crippen LogP contribution in [0.25, 0.3) is 0 Å². The van der Waals surface area contributed by atoms with E-state index in [1.807, 2.05) is 5.38 Å². The van der Waals surface area contributed by atoms with E-state index in [-0.39, 0.29) is 24.3 Å². The Kier molecular flexibility index (Phi) is 5.35. The molecular formula is C18H13F2NO3S. The first kappa shape index (κ1) is 17.0. The third-order valence-electron chi connectivity index (χ3n) is 3.33. The Morgan fingerprint density at radius 2 is 1.96 bits per heavy atom. The Bertz CT molecular complexity index is 869. The summed E-state index contributed by atoms with van der Waals surface area (Å²) in [7, 11) is 0. The second-order valence-corrected chi connectivity index (χ2v) is 5.80. The van der Waals surface area contributed by atoms with Crippen molar-refractivity contribution in [3.8, 4) is 5.75 Å². The van der Waals surface area contributed by atoms with Gasteiger partial charge >= 0.3 is 5.97 Å². The minimum absolute atomic E-state index is 0.0238. The highest BCUT2D eigenvalue weighted by atomic mass is 32.1. The number of carbonyl (C=O) groups excluding carboxylic acids is 1. The zero-order valence-electron chi connectivity index (χ0n) is 12.9. The number of thiazole rings is 1. The van der Waals surface area contributed by atoms with Crippen LogP contribution in [-0.4, -0.2) is 11.0 Å².